The molecule has 0 spiro atoms. The van der Waals surface area contributed by atoms with Crippen LogP contribution in [-0.4, -0.2) is 35.9 Å². The summed E-state index contributed by atoms with van der Waals surface area (Å²) in [5, 5.41) is 2.88. The number of benzene rings is 2. The summed E-state index contributed by atoms with van der Waals surface area (Å²) in [6.45, 7) is 10.5. The van der Waals surface area contributed by atoms with Gasteiger partial charge in [-0.25, -0.2) is 0 Å². The molecule has 0 saturated carbocycles. The summed E-state index contributed by atoms with van der Waals surface area (Å²) < 4.78 is 5.82. The Balaban J connectivity index is 2.18. The molecule has 5 nitrogen and oxygen atoms in total. The maximum Gasteiger partial charge on any atom is 0.261 e. The number of aryl methyl sites for hydroxylation is 3. The van der Waals surface area contributed by atoms with E-state index in [4.69, 9.17) is 4.74 Å². The Labute approximate surface area is 174 Å². The van der Waals surface area contributed by atoms with Crippen LogP contribution in [0, 0.1) is 20.8 Å². The molecule has 1 N–H and O–H groups in total. The Morgan fingerprint density at radius 2 is 1.79 bits per heavy atom. The molecule has 0 aromatic heterocycles. The number of amides is 2. The molecule has 0 fully saturated rings. The first-order valence-corrected chi connectivity index (χ1v) is 10.1. The highest BCUT2D eigenvalue weighted by Crippen LogP contribution is 2.20. The van der Waals surface area contributed by atoms with Crippen molar-refractivity contribution < 1.29 is 14.3 Å². The van der Waals surface area contributed by atoms with Crippen molar-refractivity contribution >= 4 is 11.8 Å². The van der Waals surface area contributed by atoms with Gasteiger partial charge in [0.2, 0.25) is 5.91 Å². The van der Waals surface area contributed by atoms with Gasteiger partial charge in [-0.15, -0.1) is 0 Å². The third-order valence-electron chi connectivity index (χ3n) is 5.01. The average molecular weight is 397 g/mol. The van der Waals surface area contributed by atoms with Gasteiger partial charge in [0.05, 0.1) is 0 Å². The highest BCUT2D eigenvalue weighted by molar-refractivity contribution is 5.88. The van der Waals surface area contributed by atoms with Crippen LogP contribution in [0.5, 0.6) is 5.75 Å². The van der Waals surface area contributed by atoms with E-state index in [1.165, 1.54) is 0 Å². The number of carbonyl (C=O) groups excluding carboxylic acids is 2. The van der Waals surface area contributed by atoms with Crippen molar-refractivity contribution in [3.8, 4) is 5.75 Å². The van der Waals surface area contributed by atoms with E-state index in [0.717, 1.165) is 28.7 Å². The lowest BCUT2D eigenvalue weighted by atomic mass is 10.1. The molecule has 29 heavy (non-hydrogen) atoms. The molecule has 0 saturated heterocycles. The topological polar surface area (TPSA) is 58.6 Å². The number of nitrogens with one attached hydrogen (secondary N) is 1. The lowest BCUT2D eigenvalue weighted by molar-refractivity contribution is -0.142. The zero-order valence-corrected chi connectivity index (χ0v) is 18.1. The number of nitrogens with zero attached hydrogens (tertiary/aromatic N) is 1. The second kappa shape index (κ2) is 10.6. The van der Waals surface area contributed by atoms with Crippen LogP contribution in [0.25, 0.3) is 0 Å². The predicted molar refractivity (Wildman–Crippen MR) is 116 cm³/mol. The zero-order chi connectivity index (χ0) is 21.4. The number of carbonyl (C=O) groups is 2. The largest absolute Gasteiger partial charge is 0.483 e. The summed E-state index contributed by atoms with van der Waals surface area (Å²) >= 11 is 0. The fraction of sp³-hybridized carbons (Fsp3) is 0.417. The minimum absolute atomic E-state index is 0.110. The van der Waals surface area contributed by atoms with Gasteiger partial charge in [-0.1, -0.05) is 43.3 Å². The molecular formula is C24H32N2O3. The lowest BCUT2D eigenvalue weighted by Crippen LogP contribution is -2.49. The van der Waals surface area contributed by atoms with Crippen LogP contribution in [0.15, 0.2) is 42.5 Å². The van der Waals surface area contributed by atoms with Crippen LogP contribution in [0.3, 0.4) is 0 Å². The van der Waals surface area contributed by atoms with Crippen LogP contribution >= 0.6 is 0 Å². The van der Waals surface area contributed by atoms with Crippen molar-refractivity contribution in [1.82, 2.24) is 10.2 Å². The molecule has 0 unspecified atom stereocenters. The monoisotopic (exact) mass is 396 g/mol. The smallest absolute Gasteiger partial charge is 0.261 e. The molecular weight excluding hydrogens is 364 g/mol. The number of hydrogen-bond donors (Lipinski definition) is 1. The Morgan fingerprint density at radius 3 is 2.48 bits per heavy atom. The highest BCUT2D eigenvalue weighted by atomic mass is 16.5. The molecule has 0 aliphatic rings. The number of rotatable bonds is 9. The molecule has 2 aromatic carbocycles. The van der Waals surface area contributed by atoms with Crippen molar-refractivity contribution in [1.29, 1.82) is 0 Å². The van der Waals surface area contributed by atoms with Crippen LogP contribution < -0.4 is 10.1 Å². The fourth-order valence-electron chi connectivity index (χ4n) is 3.03. The maximum atomic E-state index is 13.1. The maximum absolute atomic E-state index is 13.1. The minimum Gasteiger partial charge on any atom is -0.483 e. The Morgan fingerprint density at radius 1 is 1.07 bits per heavy atom. The van der Waals surface area contributed by atoms with E-state index in [-0.39, 0.29) is 18.4 Å². The van der Waals surface area contributed by atoms with Crippen molar-refractivity contribution in [3.63, 3.8) is 0 Å². The minimum atomic E-state index is -0.587. The van der Waals surface area contributed by atoms with Gasteiger partial charge in [-0.3, -0.25) is 9.59 Å². The summed E-state index contributed by atoms with van der Waals surface area (Å²) in [5.41, 5.74) is 4.15. The zero-order valence-electron chi connectivity index (χ0n) is 18.1. The summed E-state index contributed by atoms with van der Waals surface area (Å²) in [5.74, 6) is 0.325. The van der Waals surface area contributed by atoms with Gasteiger partial charge in [0.25, 0.3) is 5.91 Å². The van der Waals surface area contributed by atoms with E-state index in [1.807, 2.05) is 70.2 Å². The summed E-state index contributed by atoms with van der Waals surface area (Å²) in [6.07, 6.45) is 0.847. The fourth-order valence-corrected chi connectivity index (χ4v) is 3.03. The van der Waals surface area contributed by atoms with Gasteiger partial charge < -0.3 is 15.0 Å². The van der Waals surface area contributed by atoms with E-state index in [0.29, 0.717) is 18.8 Å². The van der Waals surface area contributed by atoms with E-state index in [2.05, 4.69) is 5.32 Å². The first kappa shape index (κ1) is 22.5. The van der Waals surface area contributed by atoms with E-state index in [1.54, 1.807) is 11.8 Å². The molecule has 5 heteroatoms. The number of ether oxygens (including phenoxy) is 1. The Hall–Kier alpha value is -2.82. The second-order valence-corrected chi connectivity index (χ2v) is 7.47. The molecule has 2 aromatic rings. The Kier molecular flexibility index (Phi) is 8.25. The van der Waals surface area contributed by atoms with Gasteiger partial charge in [-0.2, -0.15) is 0 Å². The molecule has 156 valence electrons. The van der Waals surface area contributed by atoms with Gasteiger partial charge in [0, 0.05) is 13.1 Å². The van der Waals surface area contributed by atoms with Gasteiger partial charge in [-0.05, 0) is 62.4 Å². The normalized spacial score (nSPS) is 11.6. The first-order valence-electron chi connectivity index (χ1n) is 10.1. The van der Waals surface area contributed by atoms with Crippen molar-refractivity contribution in [3.05, 3.63) is 64.7 Å². The second-order valence-electron chi connectivity index (χ2n) is 7.47. The summed E-state index contributed by atoms with van der Waals surface area (Å²) in [6, 6.07) is 13.2. The standard InChI is InChI=1S/C24H32N2O3/c1-6-13-25-24(28)20(5)26(15-21-10-8-7-9-18(21)3)23(27)16-29-22-14-17(2)11-12-19(22)4/h7-12,14,20H,6,13,15-16H2,1-5H3,(H,25,28)/t20-/m1/s1. The third-order valence-corrected chi connectivity index (χ3v) is 5.01. The van der Waals surface area contributed by atoms with E-state index in [9.17, 15) is 9.59 Å². The molecule has 0 aliphatic carbocycles. The molecule has 0 bridgehead atoms. The lowest BCUT2D eigenvalue weighted by Gasteiger charge is -2.29. The SMILES string of the molecule is CCCNC(=O)[C@@H](C)N(Cc1ccccc1C)C(=O)COc1cc(C)ccc1C. The van der Waals surface area contributed by atoms with Gasteiger partial charge in [0.15, 0.2) is 6.61 Å². The summed E-state index contributed by atoms with van der Waals surface area (Å²) in [4.78, 5) is 27.2. The summed E-state index contributed by atoms with van der Waals surface area (Å²) in [7, 11) is 0. The predicted octanol–water partition coefficient (Wildman–Crippen LogP) is 3.93. The number of hydrogen-bond acceptors (Lipinski definition) is 3. The van der Waals surface area contributed by atoms with Crippen molar-refractivity contribution in [2.24, 2.45) is 0 Å². The molecule has 0 radical (unpaired) electrons. The van der Waals surface area contributed by atoms with Crippen molar-refractivity contribution in [2.45, 2.75) is 53.6 Å². The van der Waals surface area contributed by atoms with Crippen LogP contribution in [0.4, 0.5) is 0 Å². The van der Waals surface area contributed by atoms with Gasteiger partial charge in [0.1, 0.15) is 11.8 Å². The third kappa shape index (κ3) is 6.34. The van der Waals surface area contributed by atoms with E-state index < -0.39 is 6.04 Å². The quantitative estimate of drug-likeness (QED) is 0.699. The first-order chi connectivity index (χ1) is 13.8. The van der Waals surface area contributed by atoms with Crippen LogP contribution in [0.1, 0.15) is 42.5 Å². The molecule has 2 rings (SSSR count). The average Bonchev–Trinajstić information content (AvgIpc) is 2.71. The Bertz CT molecular complexity index is 848. The molecule has 1 atom stereocenters. The van der Waals surface area contributed by atoms with Crippen LogP contribution in [-0.2, 0) is 16.1 Å². The van der Waals surface area contributed by atoms with Gasteiger partial charge >= 0.3 is 0 Å². The van der Waals surface area contributed by atoms with E-state index >= 15 is 0 Å². The molecule has 2 amide bonds. The van der Waals surface area contributed by atoms with Crippen LogP contribution in [0.2, 0.25) is 0 Å². The highest BCUT2D eigenvalue weighted by Gasteiger charge is 2.26. The molecule has 0 heterocycles. The van der Waals surface area contributed by atoms with Crippen molar-refractivity contribution in [2.75, 3.05) is 13.2 Å². The molecule has 0 aliphatic heterocycles.